The van der Waals surface area contributed by atoms with E-state index < -0.39 is 5.97 Å². The van der Waals surface area contributed by atoms with Crippen molar-refractivity contribution >= 4 is 5.97 Å². The number of carbonyl (C=O) groups is 1. The van der Waals surface area contributed by atoms with E-state index in [2.05, 4.69) is 5.16 Å². The lowest BCUT2D eigenvalue weighted by atomic mass is 10.1. The Hall–Kier alpha value is -3.48. The molecule has 0 fully saturated rings. The SMILES string of the molecule is COc1ccc(C(=O)OCc2cc(-c3ccccc3)on2)c(OC)c1OC. The first kappa shape index (κ1) is 18.3. The van der Waals surface area contributed by atoms with E-state index in [4.69, 9.17) is 23.5 Å². The fourth-order valence-electron chi connectivity index (χ4n) is 2.60. The van der Waals surface area contributed by atoms with Gasteiger partial charge in [0.25, 0.3) is 0 Å². The zero-order valence-corrected chi connectivity index (χ0v) is 15.2. The maximum absolute atomic E-state index is 12.5. The van der Waals surface area contributed by atoms with Gasteiger partial charge >= 0.3 is 5.97 Å². The lowest BCUT2D eigenvalue weighted by Gasteiger charge is -2.14. The van der Waals surface area contributed by atoms with Crippen LogP contribution in [0.1, 0.15) is 16.1 Å². The van der Waals surface area contributed by atoms with E-state index >= 15 is 0 Å². The molecule has 3 rings (SSSR count). The molecule has 0 aliphatic heterocycles. The Labute approximate surface area is 156 Å². The van der Waals surface area contributed by atoms with Crippen LogP contribution in [0.4, 0.5) is 0 Å². The van der Waals surface area contributed by atoms with Crippen LogP contribution < -0.4 is 14.2 Å². The molecule has 7 heteroatoms. The molecule has 140 valence electrons. The molecule has 2 aromatic carbocycles. The highest BCUT2D eigenvalue weighted by molar-refractivity contribution is 5.94. The van der Waals surface area contributed by atoms with Gasteiger partial charge in [-0.3, -0.25) is 0 Å². The molecule has 0 saturated heterocycles. The summed E-state index contributed by atoms with van der Waals surface area (Å²) in [5.74, 6) is 1.05. The highest BCUT2D eigenvalue weighted by Gasteiger charge is 2.22. The van der Waals surface area contributed by atoms with Crippen LogP contribution in [0.5, 0.6) is 17.2 Å². The van der Waals surface area contributed by atoms with Gasteiger partial charge in [0.15, 0.2) is 17.3 Å². The van der Waals surface area contributed by atoms with Crippen molar-refractivity contribution < 1.29 is 28.3 Å². The quantitative estimate of drug-likeness (QED) is 0.587. The second-order valence-electron chi connectivity index (χ2n) is 5.51. The zero-order chi connectivity index (χ0) is 19.2. The summed E-state index contributed by atoms with van der Waals surface area (Å²) >= 11 is 0. The Kier molecular flexibility index (Phi) is 5.61. The third kappa shape index (κ3) is 3.87. The molecule has 0 radical (unpaired) electrons. The predicted molar refractivity (Wildman–Crippen MR) is 97.2 cm³/mol. The average molecular weight is 369 g/mol. The minimum Gasteiger partial charge on any atom is -0.493 e. The van der Waals surface area contributed by atoms with Crippen LogP contribution in [0.25, 0.3) is 11.3 Å². The summed E-state index contributed by atoms with van der Waals surface area (Å²) in [4.78, 5) is 12.5. The molecule has 0 aliphatic carbocycles. The number of nitrogens with zero attached hydrogens (tertiary/aromatic N) is 1. The van der Waals surface area contributed by atoms with E-state index in [0.29, 0.717) is 23.0 Å². The van der Waals surface area contributed by atoms with Crippen molar-refractivity contribution in [1.29, 1.82) is 0 Å². The maximum Gasteiger partial charge on any atom is 0.342 e. The van der Waals surface area contributed by atoms with Crippen LogP contribution >= 0.6 is 0 Å². The number of rotatable bonds is 7. The van der Waals surface area contributed by atoms with E-state index in [1.54, 1.807) is 18.2 Å². The summed E-state index contributed by atoms with van der Waals surface area (Å²) < 4.78 is 26.4. The van der Waals surface area contributed by atoms with E-state index in [1.165, 1.54) is 21.3 Å². The van der Waals surface area contributed by atoms with Gasteiger partial charge in [0.2, 0.25) is 5.75 Å². The van der Waals surface area contributed by atoms with Gasteiger partial charge in [-0.05, 0) is 12.1 Å². The van der Waals surface area contributed by atoms with Crippen LogP contribution in [0, 0.1) is 0 Å². The summed E-state index contributed by atoms with van der Waals surface area (Å²) in [5.41, 5.74) is 1.62. The average Bonchev–Trinajstić information content (AvgIpc) is 3.20. The maximum atomic E-state index is 12.5. The Balaban J connectivity index is 1.74. The highest BCUT2D eigenvalue weighted by Crippen LogP contribution is 2.40. The molecule has 7 nitrogen and oxygen atoms in total. The van der Waals surface area contributed by atoms with Gasteiger partial charge < -0.3 is 23.5 Å². The summed E-state index contributed by atoms with van der Waals surface area (Å²) in [5, 5.41) is 3.93. The van der Waals surface area contributed by atoms with Crippen molar-refractivity contribution in [3.05, 3.63) is 59.8 Å². The third-order valence-electron chi connectivity index (χ3n) is 3.89. The first-order valence-electron chi connectivity index (χ1n) is 8.15. The third-order valence-corrected chi connectivity index (χ3v) is 3.89. The van der Waals surface area contributed by atoms with E-state index in [1.807, 2.05) is 30.3 Å². The molecule has 0 amide bonds. The normalized spacial score (nSPS) is 10.3. The molecule has 0 spiro atoms. The standard InChI is InChI=1S/C20H19NO6/c1-23-16-10-9-15(18(24-2)19(16)25-3)20(22)26-12-14-11-17(27-21-14)13-7-5-4-6-8-13/h4-11H,12H2,1-3H3. The van der Waals surface area contributed by atoms with Crippen LogP contribution in [0.3, 0.4) is 0 Å². The highest BCUT2D eigenvalue weighted by atomic mass is 16.5. The van der Waals surface area contributed by atoms with Crippen LogP contribution in [-0.2, 0) is 11.3 Å². The molecule has 0 N–H and O–H groups in total. The number of benzene rings is 2. The van der Waals surface area contributed by atoms with E-state index in [9.17, 15) is 4.79 Å². The van der Waals surface area contributed by atoms with Gasteiger partial charge in [-0.25, -0.2) is 4.79 Å². The van der Waals surface area contributed by atoms with Gasteiger partial charge in [0, 0.05) is 11.6 Å². The monoisotopic (exact) mass is 369 g/mol. The molecule has 0 unspecified atom stereocenters. The van der Waals surface area contributed by atoms with Crippen LogP contribution in [0.2, 0.25) is 0 Å². The van der Waals surface area contributed by atoms with E-state index in [-0.39, 0.29) is 17.9 Å². The molecule has 0 atom stereocenters. The molecule has 27 heavy (non-hydrogen) atoms. The molecular weight excluding hydrogens is 350 g/mol. The molecule has 0 saturated carbocycles. The second kappa shape index (κ2) is 8.27. The van der Waals surface area contributed by atoms with Crippen molar-refractivity contribution in [1.82, 2.24) is 5.16 Å². The van der Waals surface area contributed by atoms with Crippen molar-refractivity contribution in [2.75, 3.05) is 21.3 Å². The lowest BCUT2D eigenvalue weighted by Crippen LogP contribution is -2.08. The Morgan fingerprint density at radius 2 is 1.70 bits per heavy atom. The smallest absolute Gasteiger partial charge is 0.342 e. The zero-order valence-electron chi connectivity index (χ0n) is 15.2. The molecule has 0 aliphatic rings. The van der Waals surface area contributed by atoms with Gasteiger partial charge in [-0.1, -0.05) is 35.5 Å². The second-order valence-corrected chi connectivity index (χ2v) is 5.51. The minimum atomic E-state index is -0.572. The minimum absolute atomic E-state index is 0.0351. The Morgan fingerprint density at radius 3 is 2.37 bits per heavy atom. The number of aromatic nitrogens is 1. The largest absolute Gasteiger partial charge is 0.493 e. The molecule has 0 bridgehead atoms. The van der Waals surface area contributed by atoms with Crippen molar-refractivity contribution in [2.45, 2.75) is 6.61 Å². The molecule has 1 aromatic heterocycles. The van der Waals surface area contributed by atoms with Gasteiger partial charge in [-0.2, -0.15) is 0 Å². The fraction of sp³-hybridized carbons (Fsp3) is 0.200. The number of esters is 1. The fourth-order valence-corrected chi connectivity index (χ4v) is 2.60. The van der Waals surface area contributed by atoms with Gasteiger partial charge in [-0.15, -0.1) is 0 Å². The Morgan fingerprint density at radius 1 is 0.963 bits per heavy atom. The molecular formula is C20H19NO6. The number of hydrogen-bond donors (Lipinski definition) is 0. The predicted octanol–water partition coefficient (Wildman–Crippen LogP) is 3.72. The Bertz CT molecular complexity index is 919. The summed E-state index contributed by atoms with van der Waals surface area (Å²) in [7, 11) is 4.41. The van der Waals surface area contributed by atoms with Crippen LogP contribution in [0.15, 0.2) is 53.1 Å². The molecule has 1 heterocycles. The van der Waals surface area contributed by atoms with Crippen molar-refractivity contribution in [2.24, 2.45) is 0 Å². The number of ether oxygens (including phenoxy) is 4. The van der Waals surface area contributed by atoms with Gasteiger partial charge in [0.05, 0.1) is 21.3 Å². The van der Waals surface area contributed by atoms with Crippen LogP contribution in [-0.4, -0.2) is 32.5 Å². The topological polar surface area (TPSA) is 80.0 Å². The van der Waals surface area contributed by atoms with Crippen molar-refractivity contribution in [3.8, 4) is 28.6 Å². The molecule has 3 aromatic rings. The van der Waals surface area contributed by atoms with E-state index in [0.717, 1.165) is 5.56 Å². The first-order valence-corrected chi connectivity index (χ1v) is 8.15. The van der Waals surface area contributed by atoms with Crippen molar-refractivity contribution in [3.63, 3.8) is 0 Å². The summed E-state index contributed by atoms with van der Waals surface area (Å²) in [6.07, 6.45) is 0. The summed E-state index contributed by atoms with van der Waals surface area (Å²) in [6.45, 7) is -0.0351. The lowest BCUT2D eigenvalue weighted by molar-refractivity contribution is 0.0460. The first-order chi connectivity index (χ1) is 13.2. The number of carbonyl (C=O) groups excluding carboxylic acids is 1. The summed E-state index contributed by atoms with van der Waals surface area (Å²) in [6, 6.07) is 14.4. The number of methoxy groups -OCH3 is 3. The number of hydrogen-bond acceptors (Lipinski definition) is 7. The van der Waals surface area contributed by atoms with Gasteiger partial charge in [0.1, 0.15) is 17.9 Å².